The summed E-state index contributed by atoms with van der Waals surface area (Å²) in [6.07, 6.45) is 2.49. The van der Waals surface area contributed by atoms with Crippen LogP contribution in [0.2, 0.25) is 0 Å². The van der Waals surface area contributed by atoms with Crippen molar-refractivity contribution in [2.24, 2.45) is 0 Å². The van der Waals surface area contributed by atoms with E-state index in [1.54, 1.807) is 0 Å². The molecule has 1 rings (SSSR count). The number of nitrogens with zero attached hydrogens (tertiary/aromatic N) is 1. The molecule has 1 heterocycles. The van der Waals surface area contributed by atoms with Crippen LogP contribution in [0.3, 0.4) is 0 Å². The molecular weight excluding hydrogens is 430 g/mol. The SMILES string of the molecule is O=C(O)COCCOCCOCCOCCOCCOCCOCCN1C(=O)C=CC1=O. The molecule has 2 amide bonds. The second-order valence-electron chi connectivity index (χ2n) is 6.28. The Balaban J connectivity index is 1.68. The summed E-state index contributed by atoms with van der Waals surface area (Å²) in [7, 11) is 0. The first kappa shape index (κ1) is 28.1. The fraction of sp³-hybridized carbons (Fsp3) is 0.750. The van der Waals surface area contributed by atoms with Gasteiger partial charge in [0, 0.05) is 12.2 Å². The van der Waals surface area contributed by atoms with Crippen LogP contribution in [0, 0.1) is 0 Å². The molecule has 12 nitrogen and oxygen atoms in total. The van der Waals surface area contributed by atoms with Gasteiger partial charge in [-0.2, -0.15) is 0 Å². The molecular formula is C20H33NO11. The molecule has 0 unspecified atom stereocenters. The van der Waals surface area contributed by atoms with Crippen molar-refractivity contribution in [3.05, 3.63) is 12.2 Å². The van der Waals surface area contributed by atoms with Crippen molar-refractivity contribution in [3.8, 4) is 0 Å². The number of carboxylic acid groups (broad SMARTS) is 1. The van der Waals surface area contributed by atoms with Crippen LogP contribution in [0.25, 0.3) is 0 Å². The fourth-order valence-corrected chi connectivity index (χ4v) is 2.29. The molecule has 0 spiro atoms. The topological polar surface area (TPSA) is 139 Å². The second-order valence-corrected chi connectivity index (χ2v) is 6.28. The van der Waals surface area contributed by atoms with Crippen LogP contribution in [0.1, 0.15) is 0 Å². The van der Waals surface area contributed by atoms with E-state index in [2.05, 4.69) is 0 Å². The number of carbonyl (C=O) groups is 3. The summed E-state index contributed by atoms with van der Waals surface area (Å²) in [5.74, 6) is -1.63. The van der Waals surface area contributed by atoms with E-state index in [0.29, 0.717) is 72.7 Å². The van der Waals surface area contributed by atoms with Crippen molar-refractivity contribution in [2.75, 3.05) is 99.0 Å². The number of carbonyl (C=O) groups excluding carboxylic acids is 2. The Morgan fingerprint density at radius 3 is 1.25 bits per heavy atom. The molecule has 184 valence electrons. The number of amides is 2. The minimum absolute atomic E-state index is 0.234. The number of imide groups is 1. The van der Waals surface area contributed by atoms with Crippen LogP contribution in [0.5, 0.6) is 0 Å². The Morgan fingerprint density at radius 1 is 0.594 bits per heavy atom. The summed E-state index contributed by atoms with van der Waals surface area (Å²) in [6.45, 7) is 5.00. The second kappa shape index (κ2) is 19.7. The molecule has 0 radical (unpaired) electrons. The Labute approximate surface area is 187 Å². The van der Waals surface area contributed by atoms with Crippen molar-refractivity contribution in [1.29, 1.82) is 0 Å². The van der Waals surface area contributed by atoms with Crippen molar-refractivity contribution >= 4 is 17.8 Å². The first-order chi connectivity index (χ1) is 15.6. The predicted octanol–water partition coefficient (Wildman–Crippen LogP) is -0.888. The van der Waals surface area contributed by atoms with Gasteiger partial charge in [-0.05, 0) is 0 Å². The normalized spacial score (nSPS) is 13.4. The van der Waals surface area contributed by atoms with Gasteiger partial charge in [0.05, 0.1) is 92.4 Å². The molecule has 0 saturated heterocycles. The summed E-state index contributed by atoms with van der Waals surface area (Å²) < 4.78 is 36.8. The molecule has 0 atom stereocenters. The quantitative estimate of drug-likeness (QED) is 0.149. The smallest absolute Gasteiger partial charge is 0.329 e. The zero-order chi connectivity index (χ0) is 23.3. The molecule has 32 heavy (non-hydrogen) atoms. The van der Waals surface area contributed by atoms with Crippen LogP contribution < -0.4 is 0 Å². The predicted molar refractivity (Wildman–Crippen MR) is 109 cm³/mol. The van der Waals surface area contributed by atoms with Gasteiger partial charge in [0.15, 0.2) is 0 Å². The van der Waals surface area contributed by atoms with Crippen LogP contribution in [-0.2, 0) is 47.5 Å². The third-order valence-electron chi connectivity index (χ3n) is 3.82. The summed E-state index contributed by atoms with van der Waals surface area (Å²) in [4.78, 5) is 34.0. The molecule has 0 fully saturated rings. The van der Waals surface area contributed by atoms with E-state index in [1.807, 2.05) is 0 Å². The van der Waals surface area contributed by atoms with Crippen LogP contribution in [0.4, 0.5) is 0 Å². The molecule has 1 N–H and O–H groups in total. The maximum absolute atomic E-state index is 11.3. The van der Waals surface area contributed by atoms with E-state index in [9.17, 15) is 14.4 Å². The van der Waals surface area contributed by atoms with Gasteiger partial charge < -0.3 is 38.3 Å². The Hall–Kier alpha value is -1.93. The average molecular weight is 463 g/mol. The third kappa shape index (κ3) is 15.8. The lowest BCUT2D eigenvalue weighted by Gasteiger charge is -2.13. The molecule has 1 aliphatic heterocycles. The highest BCUT2D eigenvalue weighted by atomic mass is 16.6. The molecule has 0 aromatic carbocycles. The van der Waals surface area contributed by atoms with E-state index in [1.165, 1.54) is 12.2 Å². The molecule has 12 heteroatoms. The Bertz CT molecular complexity index is 538. The van der Waals surface area contributed by atoms with E-state index >= 15 is 0 Å². The number of hydrogen-bond donors (Lipinski definition) is 1. The number of ether oxygens (including phenoxy) is 7. The lowest BCUT2D eigenvalue weighted by atomic mass is 10.5. The zero-order valence-electron chi connectivity index (χ0n) is 18.2. The number of rotatable bonds is 23. The summed E-state index contributed by atoms with van der Waals surface area (Å²) in [5.41, 5.74) is 0. The van der Waals surface area contributed by atoms with Gasteiger partial charge in [0.1, 0.15) is 6.61 Å². The van der Waals surface area contributed by atoms with Gasteiger partial charge in [-0.1, -0.05) is 0 Å². The van der Waals surface area contributed by atoms with Crippen LogP contribution in [0.15, 0.2) is 12.2 Å². The van der Waals surface area contributed by atoms with Crippen molar-refractivity contribution in [2.45, 2.75) is 0 Å². The third-order valence-corrected chi connectivity index (χ3v) is 3.82. The number of carboxylic acids is 1. The van der Waals surface area contributed by atoms with Gasteiger partial charge in [-0.15, -0.1) is 0 Å². The van der Waals surface area contributed by atoms with Gasteiger partial charge in [0.2, 0.25) is 0 Å². The van der Waals surface area contributed by atoms with Gasteiger partial charge >= 0.3 is 5.97 Å². The largest absolute Gasteiger partial charge is 0.480 e. The summed E-state index contributed by atoms with van der Waals surface area (Å²) in [5, 5.41) is 8.38. The van der Waals surface area contributed by atoms with Crippen molar-refractivity contribution in [3.63, 3.8) is 0 Å². The highest BCUT2D eigenvalue weighted by molar-refractivity contribution is 6.12. The van der Waals surface area contributed by atoms with E-state index in [0.717, 1.165) is 4.90 Å². The molecule has 0 aliphatic carbocycles. The molecule has 0 aromatic heterocycles. The Kier molecular flexibility index (Phi) is 17.3. The molecule has 0 saturated carbocycles. The highest BCUT2D eigenvalue weighted by Crippen LogP contribution is 2.02. The summed E-state index contributed by atoms with van der Waals surface area (Å²) >= 11 is 0. The van der Waals surface area contributed by atoms with Gasteiger partial charge in [-0.25, -0.2) is 4.79 Å². The van der Waals surface area contributed by atoms with Crippen molar-refractivity contribution in [1.82, 2.24) is 4.90 Å². The maximum Gasteiger partial charge on any atom is 0.329 e. The first-order valence-electron chi connectivity index (χ1n) is 10.4. The maximum atomic E-state index is 11.3. The lowest BCUT2D eigenvalue weighted by Crippen LogP contribution is -2.33. The van der Waals surface area contributed by atoms with Crippen LogP contribution in [-0.4, -0.2) is 127 Å². The lowest BCUT2D eigenvalue weighted by molar-refractivity contribution is -0.143. The van der Waals surface area contributed by atoms with Gasteiger partial charge in [0.25, 0.3) is 11.8 Å². The summed E-state index contributed by atoms with van der Waals surface area (Å²) in [6, 6.07) is 0. The number of hydrogen-bond acceptors (Lipinski definition) is 10. The van der Waals surface area contributed by atoms with Crippen molar-refractivity contribution < 1.29 is 52.6 Å². The van der Waals surface area contributed by atoms with Gasteiger partial charge in [-0.3, -0.25) is 14.5 Å². The monoisotopic (exact) mass is 463 g/mol. The van der Waals surface area contributed by atoms with E-state index < -0.39 is 5.97 Å². The minimum atomic E-state index is -1.00. The standard InChI is InChI=1S/C20H33NO11/c22-18-1-2-19(23)21(18)3-4-26-5-6-27-7-8-28-9-10-29-11-12-30-13-14-31-15-16-32-17-20(24)25/h1-2H,3-17H2,(H,24,25). The van der Waals surface area contributed by atoms with E-state index in [-0.39, 0.29) is 38.2 Å². The highest BCUT2D eigenvalue weighted by Gasteiger charge is 2.22. The minimum Gasteiger partial charge on any atom is -0.480 e. The van der Waals surface area contributed by atoms with E-state index in [4.69, 9.17) is 38.3 Å². The zero-order valence-corrected chi connectivity index (χ0v) is 18.2. The van der Waals surface area contributed by atoms with Crippen LogP contribution >= 0.6 is 0 Å². The fourth-order valence-electron chi connectivity index (χ4n) is 2.29. The molecule has 1 aliphatic rings. The first-order valence-corrected chi connectivity index (χ1v) is 10.4. The number of aliphatic carboxylic acids is 1. The Morgan fingerprint density at radius 2 is 0.906 bits per heavy atom. The average Bonchev–Trinajstić information content (AvgIpc) is 3.09. The molecule has 0 aromatic rings. The molecule has 0 bridgehead atoms.